The van der Waals surface area contributed by atoms with Gasteiger partial charge in [0.05, 0.1) is 0 Å². The van der Waals surface area contributed by atoms with E-state index in [0.29, 0.717) is 0 Å². The Morgan fingerprint density at radius 3 is 1.81 bits per heavy atom. The van der Waals surface area contributed by atoms with E-state index in [1.54, 1.807) is 0 Å². The van der Waals surface area contributed by atoms with E-state index in [9.17, 15) is 0 Å². The fraction of sp³-hybridized carbons (Fsp3) is 0.259. The fourth-order valence-corrected chi connectivity index (χ4v) is 4.67. The van der Waals surface area contributed by atoms with Crippen molar-refractivity contribution in [2.45, 2.75) is 48.0 Å². The first-order valence-corrected chi connectivity index (χ1v) is 9.83. The van der Waals surface area contributed by atoms with Crippen molar-refractivity contribution in [3.05, 3.63) is 93.0 Å². The molecule has 136 valence electrons. The number of rotatable bonds is 2. The monoisotopic (exact) mass is 352 g/mol. The highest BCUT2D eigenvalue weighted by atomic mass is 14.2. The van der Waals surface area contributed by atoms with Crippen LogP contribution in [0.2, 0.25) is 0 Å². The quantitative estimate of drug-likeness (QED) is 0.329. The molecule has 0 spiro atoms. The first kappa shape index (κ1) is 17.8. The molecule has 0 heteroatoms. The summed E-state index contributed by atoms with van der Waals surface area (Å²) in [6, 6.07) is 18.7. The van der Waals surface area contributed by atoms with Gasteiger partial charge in [0, 0.05) is 0 Å². The average molecular weight is 353 g/mol. The van der Waals surface area contributed by atoms with E-state index < -0.39 is 0 Å². The lowest BCUT2D eigenvalue weighted by Gasteiger charge is -2.16. The van der Waals surface area contributed by atoms with Crippen LogP contribution in [0.1, 0.15) is 44.5 Å². The molecule has 0 N–H and O–H groups in total. The Bertz CT molecular complexity index is 1170. The molecule has 0 aliphatic rings. The standard InChI is InChI=1S/C27H28/c1-16-7-17(2)10-22(9-16)13-25-20(5)12-21(6)26-14-23-11-18(3)8-19(4)24(23)15-27(25)26/h7-12,14-15H,13H2,1-6H3. The van der Waals surface area contributed by atoms with Crippen LogP contribution in [-0.4, -0.2) is 0 Å². The summed E-state index contributed by atoms with van der Waals surface area (Å²) in [5.41, 5.74) is 11.0. The van der Waals surface area contributed by atoms with Gasteiger partial charge in [-0.05, 0) is 109 Å². The van der Waals surface area contributed by atoms with E-state index in [1.165, 1.54) is 66.1 Å². The second-order valence-corrected chi connectivity index (χ2v) is 8.36. The first-order chi connectivity index (χ1) is 12.8. The number of hydrogen-bond donors (Lipinski definition) is 0. The maximum atomic E-state index is 2.43. The van der Waals surface area contributed by atoms with Crippen molar-refractivity contribution in [1.82, 2.24) is 0 Å². The molecule has 0 saturated carbocycles. The van der Waals surface area contributed by atoms with Gasteiger partial charge in [-0.25, -0.2) is 0 Å². The van der Waals surface area contributed by atoms with Crippen molar-refractivity contribution >= 4 is 21.5 Å². The van der Waals surface area contributed by atoms with E-state index in [0.717, 1.165) is 6.42 Å². The predicted molar refractivity (Wildman–Crippen MR) is 119 cm³/mol. The third-order valence-corrected chi connectivity index (χ3v) is 5.76. The zero-order valence-electron chi connectivity index (χ0n) is 17.3. The zero-order chi connectivity index (χ0) is 19.3. The molecule has 0 heterocycles. The number of benzene rings is 4. The molecule has 27 heavy (non-hydrogen) atoms. The van der Waals surface area contributed by atoms with Gasteiger partial charge in [-0.1, -0.05) is 53.1 Å². The van der Waals surface area contributed by atoms with Crippen LogP contribution >= 0.6 is 0 Å². The Hall–Kier alpha value is -2.60. The molecule has 0 saturated heterocycles. The van der Waals surface area contributed by atoms with Crippen molar-refractivity contribution < 1.29 is 0 Å². The van der Waals surface area contributed by atoms with Gasteiger partial charge < -0.3 is 0 Å². The number of hydrogen-bond acceptors (Lipinski definition) is 0. The van der Waals surface area contributed by atoms with Crippen LogP contribution in [0.3, 0.4) is 0 Å². The molecular formula is C27H28. The van der Waals surface area contributed by atoms with Crippen LogP contribution in [0, 0.1) is 41.5 Å². The minimum Gasteiger partial charge on any atom is -0.0564 e. The van der Waals surface area contributed by atoms with Crippen molar-refractivity contribution in [3.63, 3.8) is 0 Å². The molecule has 0 radical (unpaired) electrons. The summed E-state index contributed by atoms with van der Waals surface area (Å²) >= 11 is 0. The third kappa shape index (κ3) is 3.25. The number of fused-ring (bicyclic) bond motifs is 2. The Labute approximate surface area is 162 Å². The normalized spacial score (nSPS) is 11.5. The minimum atomic E-state index is 0.988. The van der Waals surface area contributed by atoms with Crippen LogP contribution in [0.25, 0.3) is 21.5 Å². The molecule has 0 amide bonds. The van der Waals surface area contributed by atoms with Crippen molar-refractivity contribution in [2.24, 2.45) is 0 Å². The van der Waals surface area contributed by atoms with Gasteiger partial charge >= 0.3 is 0 Å². The van der Waals surface area contributed by atoms with Gasteiger partial charge in [0.2, 0.25) is 0 Å². The first-order valence-electron chi connectivity index (χ1n) is 9.83. The highest BCUT2D eigenvalue weighted by molar-refractivity contribution is 6.03. The molecule has 0 unspecified atom stereocenters. The Balaban J connectivity index is 2.00. The van der Waals surface area contributed by atoms with Gasteiger partial charge in [-0.2, -0.15) is 0 Å². The van der Waals surface area contributed by atoms with Crippen molar-refractivity contribution in [3.8, 4) is 0 Å². The summed E-state index contributed by atoms with van der Waals surface area (Å²) in [6.07, 6.45) is 0.988. The average Bonchev–Trinajstić information content (AvgIpc) is 2.56. The molecular weight excluding hydrogens is 324 g/mol. The largest absolute Gasteiger partial charge is 0.0564 e. The van der Waals surface area contributed by atoms with Gasteiger partial charge in [0.15, 0.2) is 0 Å². The molecule has 0 aliphatic carbocycles. The smallest absolute Gasteiger partial charge is 0.00168 e. The highest BCUT2D eigenvalue weighted by Crippen LogP contribution is 2.33. The van der Waals surface area contributed by atoms with Crippen molar-refractivity contribution in [2.75, 3.05) is 0 Å². The van der Waals surface area contributed by atoms with Crippen LogP contribution < -0.4 is 0 Å². The van der Waals surface area contributed by atoms with E-state index >= 15 is 0 Å². The summed E-state index contributed by atoms with van der Waals surface area (Å²) in [5.74, 6) is 0. The van der Waals surface area contributed by atoms with Crippen molar-refractivity contribution in [1.29, 1.82) is 0 Å². The van der Waals surface area contributed by atoms with E-state index in [2.05, 4.69) is 90.1 Å². The maximum Gasteiger partial charge on any atom is -0.00168 e. The highest BCUT2D eigenvalue weighted by Gasteiger charge is 2.12. The predicted octanol–water partition coefficient (Wildman–Crippen LogP) is 7.43. The molecule has 0 aliphatic heterocycles. The molecule has 0 bridgehead atoms. The van der Waals surface area contributed by atoms with E-state index in [-0.39, 0.29) is 0 Å². The Morgan fingerprint density at radius 2 is 1.11 bits per heavy atom. The van der Waals surface area contributed by atoms with E-state index in [1.807, 2.05) is 0 Å². The molecule has 0 atom stereocenters. The van der Waals surface area contributed by atoms with Gasteiger partial charge in [-0.15, -0.1) is 0 Å². The molecule has 0 nitrogen and oxygen atoms in total. The Morgan fingerprint density at radius 1 is 0.481 bits per heavy atom. The van der Waals surface area contributed by atoms with Crippen LogP contribution in [0.4, 0.5) is 0 Å². The topological polar surface area (TPSA) is 0 Å². The molecule has 4 rings (SSSR count). The lowest BCUT2D eigenvalue weighted by molar-refractivity contribution is 1.15. The number of aryl methyl sites for hydroxylation is 6. The second kappa shape index (κ2) is 6.53. The summed E-state index contributed by atoms with van der Waals surface area (Å²) < 4.78 is 0. The lowest BCUT2D eigenvalue weighted by atomic mass is 9.88. The summed E-state index contributed by atoms with van der Waals surface area (Å²) in [7, 11) is 0. The molecule has 4 aromatic rings. The second-order valence-electron chi connectivity index (χ2n) is 8.36. The fourth-order valence-electron chi connectivity index (χ4n) is 4.67. The minimum absolute atomic E-state index is 0.988. The van der Waals surface area contributed by atoms with Gasteiger partial charge in [0.25, 0.3) is 0 Å². The Kier molecular flexibility index (Phi) is 4.30. The van der Waals surface area contributed by atoms with Gasteiger partial charge in [-0.3, -0.25) is 0 Å². The van der Waals surface area contributed by atoms with Gasteiger partial charge in [0.1, 0.15) is 0 Å². The summed E-state index contributed by atoms with van der Waals surface area (Å²) in [4.78, 5) is 0. The molecule has 0 aromatic heterocycles. The maximum absolute atomic E-state index is 2.43. The molecule has 0 fully saturated rings. The van der Waals surface area contributed by atoms with Crippen LogP contribution in [0.15, 0.2) is 48.5 Å². The van der Waals surface area contributed by atoms with Crippen LogP contribution in [-0.2, 0) is 6.42 Å². The lowest BCUT2D eigenvalue weighted by Crippen LogP contribution is -1.97. The summed E-state index contributed by atoms with van der Waals surface area (Å²) in [5, 5.41) is 5.52. The zero-order valence-corrected chi connectivity index (χ0v) is 17.3. The van der Waals surface area contributed by atoms with E-state index in [4.69, 9.17) is 0 Å². The SMILES string of the molecule is Cc1cc(C)cc(Cc2c(C)cc(C)c3cc4cc(C)cc(C)c4cc23)c1. The van der Waals surface area contributed by atoms with Crippen LogP contribution in [0.5, 0.6) is 0 Å². The summed E-state index contributed by atoms with van der Waals surface area (Å²) in [6.45, 7) is 13.3. The third-order valence-electron chi connectivity index (χ3n) is 5.76. The molecule has 4 aromatic carbocycles.